The minimum absolute atomic E-state index is 0.147. The maximum Gasteiger partial charge on any atom is 0.312 e. The van der Waals surface area contributed by atoms with Crippen molar-refractivity contribution in [3.8, 4) is 5.75 Å². The first-order valence-electron chi connectivity index (χ1n) is 6.21. The van der Waals surface area contributed by atoms with Crippen LogP contribution in [0.15, 0.2) is 42.5 Å². The first-order valence-corrected chi connectivity index (χ1v) is 6.21. The molecule has 0 heterocycles. The lowest BCUT2D eigenvalue weighted by Crippen LogP contribution is -2.12. The van der Waals surface area contributed by atoms with Gasteiger partial charge in [0.1, 0.15) is 0 Å². The van der Waals surface area contributed by atoms with Crippen LogP contribution >= 0.6 is 0 Å². The average Bonchev–Trinajstić information content (AvgIpc) is 2.47. The van der Waals surface area contributed by atoms with Gasteiger partial charge >= 0.3 is 5.69 Å². The number of methoxy groups -OCH3 is 1. The highest BCUT2D eigenvalue weighted by Crippen LogP contribution is 2.29. The van der Waals surface area contributed by atoms with E-state index in [1.165, 1.54) is 19.2 Å². The summed E-state index contributed by atoms with van der Waals surface area (Å²) in [5.74, 6) is -0.174. The second kappa shape index (κ2) is 6.04. The molecule has 0 radical (unpaired) electrons. The van der Waals surface area contributed by atoms with Crippen LogP contribution in [0.1, 0.15) is 15.9 Å². The Morgan fingerprint density at radius 1 is 1.24 bits per heavy atom. The third-order valence-electron chi connectivity index (χ3n) is 2.91. The summed E-state index contributed by atoms with van der Waals surface area (Å²) in [6.07, 6.45) is 0. The van der Waals surface area contributed by atoms with E-state index in [1.54, 1.807) is 24.3 Å². The molecule has 0 aromatic heterocycles. The van der Waals surface area contributed by atoms with Crippen LogP contribution in [0.2, 0.25) is 0 Å². The van der Waals surface area contributed by atoms with Crippen molar-refractivity contribution >= 4 is 17.3 Å². The summed E-state index contributed by atoms with van der Waals surface area (Å²) in [6.45, 7) is 1.88. The lowest BCUT2D eigenvalue weighted by atomic mass is 10.1. The van der Waals surface area contributed by atoms with Gasteiger partial charge in [-0.15, -0.1) is 0 Å². The number of anilines is 1. The molecule has 6 nitrogen and oxygen atoms in total. The second-order valence-corrected chi connectivity index (χ2v) is 4.47. The summed E-state index contributed by atoms with van der Waals surface area (Å²) in [5, 5.41) is 13.6. The number of benzene rings is 2. The average molecular weight is 286 g/mol. The van der Waals surface area contributed by atoms with Crippen molar-refractivity contribution in [3.05, 3.63) is 63.7 Å². The standard InChI is InChI=1S/C15H14N2O4/c1-10-4-3-5-11(8-10)15(18)16-12-6-7-14(21-2)13(9-12)17(19)20/h3-9H,1-2H3,(H,16,18). The van der Waals surface area contributed by atoms with Crippen LogP contribution in [0, 0.1) is 17.0 Å². The van der Waals surface area contributed by atoms with Gasteiger partial charge in [0.15, 0.2) is 5.75 Å². The van der Waals surface area contributed by atoms with Crippen LogP contribution in [0.3, 0.4) is 0 Å². The number of hydrogen-bond donors (Lipinski definition) is 1. The molecule has 0 spiro atoms. The van der Waals surface area contributed by atoms with E-state index in [4.69, 9.17) is 4.74 Å². The Bertz CT molecular complexity index is 698. The van der Waals surface area contributed by atoms with Crippen LogP contribution in [-0.4, -0.2) is 17.9 Å². The van der Waals surface area contributed by atoms with Gasteiger partial charge in [-0.25, -0.2) is 0 Å². The van der Waals surface area contributed by atoms with E-state index in [-0.39, 0.29) is 17.3 Å². The molecule has 0 saturated heterocycles. The van der Waals surface area contributed by atoms with Gasteiger partial charge in [-0.3, -0.25) is 14.9 Å². The highest BCUT2D eigenvalue weighted by atomic mass is 16.6. The van der Waals surface area contributed by atoms with E-state index in [0.29, 0.717) is 11.3 Å². The Morgan fingerprint density at radius 3 is 2.62 bits per heavy atom. The molecule has 2 aromatic carbocycles. The number of hydrogen-bond acceptors (Lipinski definition) is 4. The van der Waals surface area contributed by atoms with Gasteiger partial charge in [0.25, 0.3) is 5.91 Å². The number of nitro groups is 1. The van der Waals surface area contributed by atoms with Gasteiger partial charge in [-0.1, -0.05) is 17.7 Å². The Labute approximate surface area is 121 Å². The molecule has 108 valence electrons. The van der Waals surface area contributed by atoms with Gasteiger partial charge in [0.05, 0.1) is 12.0 Å². The fourth-order valence-corrected chi connectivity index (χ4v) is 1.90. The quantitative estimate of drug-likeness (QED) is 0.691. The molecule has 0 unspecified atom stereocenters. The maximum atomic E-state index is 12.1. The van der Waals surface area contributed by atoms with Crippen molar-refractivity contribution in [1.82, 2.24) is 0 Å². The third-order valence-corrected chi connectivity index (χ3v) is 2.91. The molecule has 1 N–H and O–H groups in total. The van der Waals surface area contributed by atoms with Crippen molar-refractivity contribution in [3.63, 3.8) is 0 Å². The molecule has 2 aromatic rings. The molecule has 6 heteroatoms. The fourth-order valence-electron chi connectivity index (χ4n) is 1.90. The molecular formula is C15H14N2O4. The van der Waals surface area contributed by atoms with E-state index in [2.05, 4.69) is 5.32 Å². The van der Waals surface area contributed by atoms with Crippen molar-refractivity contribution in [1.29, 1.82) is 0 Å². The normalized spacial score (nSPS) is 10.0. The van der Waals surface area contributed by atoms with Gasteiger partial charge in [-0.2, -0.15) is 0 Å². The van der Waals surface area contributed by atoms with E-state index < -0.39 is 4.92 Å². The molecule has 2 rings (SSSR count). The fraction of sp³-hybridized carbons (Fsp3) is 0.133. The minimum Gasteiger partial charge on any atom is -0.490 e. The van der Waals surface area contributed by atoms with Crippen molar-refractivity contribution in [2.75, 3.05) is 12.4 Å². The van der Waals surface area contributed by atoms with Gasteiger partial charge in [0, 0.05) is 17.3 Å². The number of ether oxygens (including phenoxy) is 1. The molecule has 0 fully saturated rings. The van der Waals surface area contributed by atoms with Gasteiger partial charge in [0.2, 0.25) is 0 Å². The lowest BCUT2D eigenvalue weighted by Gasteiger charge is -2.07. The van der Waals surface area contributed by atoms with Crippen LogP contribution in [0.25, 0.3) is 0 Å². The van der Waals surface area contributed by atoms with Gasteiger partial charge < -0.3 is 10.1 Å². The van der Waals surface area contributed by atoms with E-state index in [0.717, 1.165) is 5.56 Å². The maximum absolute atomic E-state index is 12.1. The smallest absolute Gasteiger partial charge is 0.312 e. The number of rotatable bonds is 4. The molecule has 0 aliphatic carbocycles. The summed E-state index contributed by atoms with van der Waals surface area (Å²) in [6, 6.07) is 11.4. The number of carbonyl (C=O) groups excluding carboxylic acids is 1. The monoisotopic (exact) mass is 286 g/mol. The molecule has 0 bridgehead atoms. The highest BCUT2D eigenvalue weighted by molar-refractivity contribution is 6.04. The summed E-state index contributed by atoms with van der Waals surface area (Å²) in [7, 11) is 1.35. The summed E-state index contributed by atoms with van der Waals surface area (Å²) in [4.78, 5) is 22.5. The molecule has 0 aliphatic rings. The molecular weight excluding hydrogens is 272 g/mol. The first kappa shape index (κ1) is 14.5. The van der Waals surface area contributed by atoms with Crippen molar-refractivity contribution in [2.45, 2.75) is 6.92 Å². The van der Waals surface area contributed by atoms with Crippen molar-refractivity contribution < 1.29 is 14.5 Å². The SMILES string of the molecule is COc1ccc(NC(=O)c2cccc(C)c2)cc1[N+](=O)[O-]. The summed E-state index contributed by atoms with van der Waals surface area (Å²) >= 11 is 0. The number of nitro benzene ring substituents is 1. The zero-order chi connectivity index (χ0) is 15.4. The first-order chi connectivity index (χ1) is 10.0. The molecule has 0 saturated carbocycles. The number of carbonyl (C=O) groups is 1. The second-order valence-electron chi connectivity index (χ2n) is 4.47. The summed E-state index contributed by atoms with van der Waals surface area (Å²) in [5.41, 5.74) is 1.60. The Kier molecular flexibility index (Phi) is 4.18. The van der Waals surface area contributed by atoms with E-state index in [9.17, 15) is 14.9 Å². The predicted octanol–water partition coefficient (Wildman–Crippen LogP) is 3.16. The predicted molar refractivity (Wildman–Crippen MR) is 78.8 cm³/mol. The number of aryl methyl sites for hydroxylation is 1. The van der Waals surface area contributed by atoms with Gasteiger partial charge in [-0.05, 0) is 31.2 Å². The number of nitrogens with zero attached hydrogens (tertiary/aromatic N) is 1. The van der Waals surface area contributed by atoms with E-state index in [1.807, 2.05) is 13.0 Å². The molecule has 0 aliphatic heterocycles. The lowest BCUT2D eigenvalue weighted by molar-refractivity contribution is -0.385. The van der Waals surface area contributed by atoms with Crippen LogP contribution < -0.4 is 10.1 Å². The zero-order valence-electron chi connectivity index (χ0n) is 11.6. The minimum atomic E-state index is -0.554. The number of amides is 1. The highest BCUT2D eigenvalue weighted by Gasteiger charge is 2.16. The Balaban J connectivity index is 2.25. The Morgan fingerprint density at radius 2 is 2.00 bits per heavy atom. The largest absolute Gasteiger partial charge is 0.490 e. The Hall–Kier alpha value is -2.89. The topological polar surface area (TPSA) is 81.5 Å². The zero-order valence-corrected chi connectivity index (χ0v) is 11.6. The van der Waals surface area contributed by atoms with Crippen LogP contribution in [0.4, 0.5) is 11.4 Å². The molecule has 1 amide bonds. The summed E-state index contributed by atoms with van der Waals surface area (Å²) < 4.78 is 4.91. The molecule has 21 heavy (non-hydrogen) atoms. The van der Waals surface area contributed by atoms with Crippen LogP contribution in [-0.2, 0) is 0 Å². The van der Waals surface area contributed by atoms with E-state index >= 15 is 0 Å². The third kappa shape index (κ3) is 3.36. The number of nitrogens with one attached hydrogen (secondary N) is 1. The van der Waals surface area contributed by atoms with Crippen LogP contribution in [0.5, 0.6) is 5.75 Å². The van der Waals surface area contributed by atoms with Crippen molar-refractivity contribution in [2.24, 2.45) is 0 Å². The molecule has 0 atom stereocenters.